The first-order chi connectivity index (χ1) is 10.1. The Balaban J connectivity index is 2.30. The molecule has 0 radical (unpaired) electrons. The molecule has 1 atom stereocenters. The van der Waals surface area contributed by atoms with Crippen LogP contribution in [-0.4, -0.2) is 7.11 Å². The summed E-state index contributed by atoms with van der Waals surface area (Å²) in [5, 5.41) is 1.12. The number of hydrogen-bond donors (Lipinski definition) is 2. The quantitative estimate of drug-likeness (QED) is 0.644. The molecule has 0 saturated heterocycles. The van der Waals surface area contributed by atoms with Crippen molar-refractivity contribution in [1.82, 2.24) is 5.43 Å². The third-order valence-electron chi connectivity index (χ3n) is 3.49. The molecule has 3 N–H and O–H groups in total. The molecular weight excluding hydrogens is 307 g/mol. The maximum atomic E-state index is 6.24. The summed E-state index contributed by atoms with van der Waals surface area (Å²) in [6.07, 6.45) is 0.641. The first-order valence-electron chi connectivity index (χ1n) is 6.60. The van der Waals surface area contributed by atoms with Gasteiger partial charge in [-0.2, -0.15) is 0 Å². The number of nitrogens with one attached hydrogen (secondary N) is 1. The Hall–Kier alpha value is -1.26. The fourth-order valence-corrected chi connectivity index (χ4v) is 2.65. The fraction of sp³-hybridized carbons (Fsp3) is 0.250. The van der Waals surface area contributed by atoms with Gasteiger partial charge in [0.05, 0.1) is 23.2 Å². The molecule has 0 aliphatic rings. The second-order valence-electron chi connectivity index (χ2n) is 4.87. The van der Waals surface area contributed by atoms with Crippen molar-refractivity contribution in [3.05, 3.63) is 63.1 Å². The van der Waals surface area contributed by atoms with Gasteiger partial charge in [0.15, 0.2) is 0 Å². The van der Waals surface area contributed by atoms with Gasteiger partial charge in [-0.25, -0.2) is 0 Å². The van der Waals surface area contributed by atoms with E-state index in [1.807, 2.05) is 37.3 Å². The lowest BCUT2D eigenvalue weighted by Crippen LogP contribution is -2.29. The van der Waals surface area contributed by atoms with Crippen molar-refractivity contribution >= 4 is 23.2 Å². The molecule has 3 nitrogen and oxygen atoms in total. The molecule has 0 aliphatic carbocycles. The van der Waals surface area contributed by atoms with Gasteiger partial charge in [-0.15, -0.1) is 0 Å². The van der Waals surface area contributed by atoms with Crippen molar-refractivity contribution < 1.29 is 4.74 Å². The maximum absolute atomic E-state index is 6.24. The molecule has 21 heavy (non-hydrogen) atoms. The lowest BCUT2D eigenvalue weighted by molar-refractivity contribution is 0.410. The molecule has 0 aliphatic heterocycles. The van der Waals surface area contributed by atoms with Crippen molar-refractivity contribution in [3.8, 4) is 5.75 Å². The molecule has 1 unspecified atom stereocenters. The molecule has 2 aromatic carbocycles. The largest absolute Gasteiger partial charge is 0.496 e. The first-order valence-corrected chi connectivity index (χ1v) is 7.36. The molecule has 0 fully saturated rings. The van der Waals surface area contributed by atoms with Gasteiger partial charge in [-0.3, -0.25) is 11.3 Å². The smallest absolute Gasteiger partial charge is 0.122 e. The Morgan fingerprint density at radius 2 is 2.00 bits per heavy atom. The van der Waals surface area contributed by atoms with Gasteiger partial charge in [-0.05, 0) is 42.2 Å². The van der Waals surface area contributed by atoms with Crippen molar-refractivity contribution in [1.29, 1.82) is 0 Å². The van der Waals surface area contributed by atoms with E-state index in [4.69, 9.17) is 33.8 Å². The Bertz CT molecular complexity index is 632. The highest BCUT2D eigenvalue weighted by molar-refractivity contribution is 6.42. The van der Waals surface area contributed by atoms with Crippen LogP contribution in [0.3, 0.4) is 0 Å². The molecule has 0 saturated carbocycles. The lowest BCUT2D eigenvalue weighted by Gasteiger charge is -2.19. The van der Waals surface area contributed by atoms with Crippen LogP contribution in [0.5, 0.6) is 5.75 Å². The van der Waals surface area contributed by atoms with E-state index in [-0.39, 0.29) is 6.04 Å². The van der Waals surface area contributed by atoms with E-state index in [2.05, 4.69) is 5.43 Å². The zero-order chi connectivity index (χ0) is 15.4. The lowest BCUT2D eigenvalue weighted by atomic mass is 9.98. The Morgan fingerprint density at radius 1 is 1.24 bits per heavy atom. The second kappa shape index (κ2) is 7.14. The number of rotatable bonds is 5. The fourth-order valence-electron chi connectivity index (χ4n) is 2.25. The number of ether oxygens (including phenoxy) is 1. The number of hydrogen-bond acceptors (Lipinski definition) is 3. The SMILES string of the molecule is COc1cc(C(Cc2cccc(Cl)c2Cl)NN)ccc1C. The van der Waals surface area contributed by atoms with Crippen LogP contribution in [0.15, 0.2) is 36.4 Å². The van der Waals surface area contributed by atoms with Crippen LogP contribution in [-0.2, 0) is 6.42 Å². The summed E-state index contributed by atoms with van der Waals surface area (Å²) in [5.74, 6) is 6.54. The topological polar surface area (TPSA) is 47.3 Å². The normalized spacial score (nSPS) is 12.2. The number of benzene rings is 2. The summed E-state index contributed by atoms with van der Waals surface area (Å²) in [7, 11) is 1.66. The molecule has 0 amide bonds. The minimum absolute atomic E-state index is 0.0736. The van der Waals surface area contributed by atoms with Crippen LogP contribution < -0.4 is 16.0 Å². The standard InChI is InChI=1S/C16H18Cl2N2O/c1-10-6-7-11(9-15(10)21-2)14(20-19)8-12-4-3-5-13(17)16(12)18/h3-7,9,14,20H,8,19H2,1-2H3. The van der Waals surface area contributed by atoms with E-state index >= 15 is 0 Å². The minimum atomic E-state index is -0.0736. The summed E-state index contributed by atoms with van der Waals surface area (Å²) in [6.45, 7) is 2.00. The highest BCUT2D eigenvalue weighted by Gasteiger charge is 2.15. The monoisotopic (exact) mass is 324 g/mol. The molecule has 112 valence electrons. The number of hydrazine groups is 1. The van der Waals surface area contributed by atoms with E-state index in [9.17, 15) is 0 Å². The van der Waals surface area contributed by atoms with Gasteiger partial charge in [0.25, 0.3) is 0 Å². The summed E-state index contributed by atoms with van der Waals surface area (Å²) in [4.78, 5) is 0. The van der Waals surface area contributed by atoms with Crippen LogP contribution in [0, 0.1) is 6.92 Å². The third kappa shape index (κ3) is 3.69. The molecule has 2 aromatic rings. The average molecular weight is 325 g/mol. The number of methoxy groups -OCH3 is 1. The van der Waals surface area contributed by atoms with Crippen molar-refractivity contribution in [3.63, 3.8) is 0 Å². The predicted molar refractivity (Wildman–Crippen MR) is 88.0 cm³/mol. The molecule has 0 heterocycles. The van der Waals surface area contributed by atoms with E-state index in [0.717, 1.165) is 22.4 Å². The maximum Gasteiger partial charge on any atom is 0.122 e. The van der Waals surface area contributed by atoms with E-state index in [1.165, 1.54) is 0 Å². The molecular formula is C16H18Cl2N2O. The van der Waals surface area contributed by atoms with Gasteiger partial charge in [-0.1, -0.05) is 47.5 Å². The zero-order valence-corrected chi connectivity index (χ0v) is 13.5. The summed E-state index contributed by atoms with van der Waals surface area (Å²) < 4.78 is 5.36. The Labute approximate surface area is 135 Å². The van der Waals surface area contributed by atoms with Crippen molar-refractivity contribution in [2.45, 2.75) is 19.4 Å². The third-order valence-corrected chi connectivity index (χ3v) is 4.35. The molecule has 5 heteroatoms. The van der Waals surface area contributed by atoms with E-state index in [1.54, 1.807) is 13.2 Å². The van der Waals surface area contributed by atoms with E-state index < -0.39 is 0 Å². The van der Waals surface area contributed by atoms with Gasteiger partial charge in [0.1, 0.15) is 5.75 Å². The number of halogens is 2. The van der Waals surface area contributed by atoms with Crippen LogP contribution in [0.25, 0.3) is 0 Å². The van der Waals surface area contributed by atoms with Gasteiger partial charge in [0, 0.05) is 0 Å². The van der Waals surface area contributed by atoms with Crippen LogP contribution in [0.1, 0.15) is 22.7 Å². The van der Waals surface area contributed by atoms with Crippen LogP contribution >= 0.6 is 23.2 Å². The number of aryl methyl sites for hydroxylation is 1. The molecule has 0 aromatic heterocycles. The van der Waals surface area contributed by atoms with Crippen molar-refractivity contribution in [2.24, 2.45) is 5.84 Å². The second-order valence-corrected chi connectivity index (χ2v) is 5.65. The highest BCUT2D eigenvalue weighted by Crippen LogP contribution is 2.30. The van der Waals surface area contributed by atoms with Crippen molar-refractivity contribution in [2.75, 3.05) is 7.11 Å². The zero-order valence-electron chi connectivity index (χ0n) is 12.0. The Morgan fingerprint density at radius 3 is 2.67 bits per heavy atom. The summed E-state index contributed by atoms with van der Waals surface area (Å²) in [6, 6.07) is 11.6. The first kappa shape index (κ1) is 16.1. The van der Waals surface area contributed by atoms with Crippen LogP contribution in [0.2, 0.25) is 10.0 Å². The molecule has 0 bridgehead atoms. The number of nitrogens with two attached hydrogens (primary N) is 1. The highest BCUT2D eigenvalue weighted by atomic mass is 35.5. The van der Waals surface area contributed by atoms with Crippen LogP contribution in [0.4, 0.5) is 0 Å². The van der Waals surface area contributed by atoms with E-state index in [0.29, 0.717) is 16.5 Å². The van der Waals surface area contributed by atoms with Gasteiger partial charge in [0.2, 0.25) is 0 Å². The summed E-state index contributed by atoms with van der Waals surface area (Å²) >= 11 is 12.3. The molecule has 0 spiro atoms. The minimum Gasteiger partial charge on any atom is -0.496 e. The molecule has 2 rings (SSSR count). The average Bonchev–Trinajstić information content (AvgIpc) is 2.49. The van der Waals surface area contributed by atoms with Gasteiger partial charge < -0.3 is 4.74 Å². The Kier molecular flexibility index (Phi) is 5.48. The summed E-state index contributed by atoms with van der Waals surface area (Å²) in [5.41, 5.74) is 5.90. The van der Waals surface area contributed by atoms with Gasteiger partial charge >= 0.3 is 0 Å². The predicted octanol–water partition coefficient (Wildman–Crippen LogP) is 4.06.